The summed E-state index contributed by atoms with van der Waals surface area (Å²) in [5.41, 5.74) is 12.5. The second kappa shape index (κ2) is 14.5. The molecule has 0 saturated carbocycles. The first-order valence-corrected chi connectivity index (χ1v) is 14.9. The minimum atomic E-state index is -0.566. The Morgan fingerprint density at radius 2 is 1.21 bits per heavy atom. The van der Waals surface area contributed by atoms with Crippen LogP contribution in [-0.4, -0.2) is 72.1 Å². The van der Waals surface area contributed by atoms with Crippen LogP contribution in [0.4, 0.5) is 22.9 Å². The summed E-state index contributed by atoms with van der Waals surface area (Å²) < 4.78 is 6.06. The minimum absolute atomic E-state index is 0.0348. The Hall–Kier alpha value is -6.11. The van der Waals surface area contributed by atoms with Gasteiger partial charge in [0.05, 0.1) is 28.1 Å². The standard InChI is InChI=1S/C29H34BrN13O5/c1-15(30)24(44)38-23-19(14-43(5)39-23)25(45)35-16-9-21(41(3)11-16)27(47)37-18-10-22(42(4)13-18)28(48)36-17-8-20(40(2)12-17)26(46)33-6-7-34-29(31)32/h8-14H,1,6-7H2,2-5H3,(H,33,46)(H,35,45)(H,36,48)(H,37,47)(H4,31,32,34)(H,38,39,44). The second-order valence-electron chi connectivity index (χ2n) is 10.5. The molecule has 4 aromatic heterocycles. The highest BCUT2D eigenvalue weighted by Crippen LogP contribution is 2.21. The molecule has 0 saturated heterocycles. The lowest BCUT2D eigenvalue weighted by Gasteiger charge is -2.04. The van der Waals surface area contributed by atoms with Crippen LogP contribution in [0.1, 0.15) is 41.8 Å². The lowest BCUT2D eigenvalue weighted by molar-refractivity contribution is -0.112. The van der Waals surface area contributed by atoms with Gasteiger partial charge in [0.2, 0.25) is 0 Å². The van der Waals surface area contributed by atoms with Crippen molar-refractivity contribution < 1.29 is 24.0 Å². The molecule has 5 amide bonds. The molecule has 48 heavy (non-hydrogen) atoms. The van der Waals surface area contributed by atoms with Crippen molar-refractivity contribution >= 4 is 74.3 Å². The van der Waals surface area contributed by atoms with E-state index in [2.05, 4.69) is 59.2 Å². The van der Waals surface area contributed by atoms with Crippen molar-refractivity contribution in [1.82, 2.24) is 28.8 Å². The summed E-state index contributed by atoms with van der Waals surface area (Å²) in [6, 6.07) is 4.50. The minimum Gasteiger partial charge on any atom is -0.370 e. The molecule has 0 aromatic carbocycles. The number of halogens is 1. The molecule has 4 heterocycles. The summed E-state index contributed by atoms with van der Waals surface area (Å²) in [5, 5.41) is 17.5. The van der Waals surface area contributed by atoms with E-state index in [9.17, 15) is 24.0 Å². The summed E-state index contributed by atoms with van der Waals surface area (Å²) in [4.78, 5) is 67.6. The number of hydrogen-bond donors (Lipinski definition) is 7. The fourth-order valence-electron chi connectivity index (χ4n) is 4.53. The summed E-state index contributed by atoms with van der Waals surface area (Å²) in [6.45, 7) is 3.95. The Balaban J connectivity index is 1.39. The molecule has 18 nitrogen and oxygen atoms in total. The fourth-order valence-corrected chi connectivity index (χ4v) is 4.63. The number of amides is 5. The highest BCUT2D eigenvalue weighted by atomic mass is 79.9. The Kier molecular flexibility index (Phi) is 10.5. The Morgan fingerprint density at radius 1 is 0.750 bits per heavy atom. The molecule has 0 aliphatic rings. The van der Waals surface area contributed by atoms with Crippen molar-refractivity contribution in [1.29, 1.82) is 0 Å². The van der Waals surface area contributed by atoms with Crippen LogP contribution in [0.15, 0.2) is 59.0 Å². The number of nitrogens with two attached hydrogens (primary N) is 2. The topological polar surface area (TPSA) is 243 Å². The van der Waals surface area contributed by atoms with Crippen LogP contribution in [0, 0.1) is 0 Å². The van der Waals surface area contributed by atoms with Gasteiger partial charge in [-0.2, -0.15) is 5.10 Å². The number of rotatable bonds is 12. The van der Waals surface area contributed by atoms with Crippen LogP contribution >= 0.6 is 15.9 Å². The van der Waals surface area contributed by atoms with Crippen LogP contribution in [0.5, 0.6) is 0 Å². The van der Waals surface area contributed by atoms with E-state index < -0.39 is 23.6 Å². The van der Waals surface area contributed by atoms with E-state index in [4.69, 9.17) is 11.5 Å². The maximum atomic E-state index is 13.2. The smallest absolute Gasteiger partial charge is 0.272 e. The third-order valence-electron chi connectivity index (χ3n) is 6.73. The predicted molar refractivity (Wildman–Crippen MR) is 183 cm³/mol. The molecule has 9 N–H and O–H groups in total. The third-order valence-corrected chi connectivity index (χ3v) is 7.09. The van der Waals surface area contributed by atoms with Crippen molar-refractivity contribution in [3.05, 3.63) is 76.7 Å². The molecule has 0 radical (unpaired) electrons. The van der Waals surface area contributed by atoms with Crippen LogP contribution in [0.3, 0.4) is 0 Å². The number of guanidine groups is 1. The van der Waals surface area contributed by atoms with Gasteiger partial charge in [-0.3, -0.25) is 33.6 Å². The van der Waals surface area contributed by atoms with Crippen molar-refractivity contribution in [2.75, 3.05) is 34.4 Å². The fraction of sp³-hybridized carbons (Fsp3) is 0.207. The molecule has 4 aromatic rings. The number of carbonyl (C=O) groups excluding carboxylic acids is 5. The first-order chi connectivity index (χ1) is 22.6. The van der Waals surface area contributed by atoms with Crippen LogP contribution in [0.25, 0.3) is 0 Å². The maximum Gasteiger partial charge on any atom is 0.272 e. The highest BCUT2D eigenvalue weighted by molar-refractivity contribution is 9.12. The number of aryl methyl sites for hydroxylation is 4. The van der Waals surface area contributed by atoms with Crippen LogP contribution < -0.4 is 38.1 Å². The molecule has 0 aliphatic heterocycles. The average Bonchev–Trinajstić information content (AvgIpc) is 3.76. The van der Waals surface area contributed by atoms with Gasteiger partial charge in [0.15, 0.2) is 11.8 Å². The van der Waals surface area contributed by atoms with Crippen molar-refractivity contribution in [2.45, 2.75) is 0 Å². The molecule has 0 bridgehead atoms. The number of nitrogens with one attached hydrogen (secondary N) is 5. The summed E-state index contributed by atoms with van der Waals surface area (Å²) in [6.07, 6.45) is 6.14. The molecule has 4 rings (SSSR count). The van der Waals surface area contributed by atoms with E-state index in [1.54, 1.807) is 51.3 Å². The Labute approximate surface area is 282 Å². The zero-order valence-electron chi connectivity index (χ0n) is 26.4. The quantitative estimate of drug-likeness (QED) is 0.0481. The summed E-state index contributed by atoms with van der Waals surface area (Å²) in [7, 11) is 6.53. The number of anilines is 4. The van der Waals surface area contributed by atoms with Gasteiger partial charge in [0, 0.05) is 59.5 Å². The highest BCUT2D eigenvalue weighted by Gasteiger charge is 2.21. The normalized spacial score (nSPS) is 10.6. The van der Waals surface area contributed by atoms with E-state index in [-0.39, 0.29) is 52.2 Å². The number of aliphatic imine (C=N–C) groups is 1. The Morgan fingerprint density at radius 3 is 1.67 bits per heavy atom. The van der Waals surface area contributed by atoms with Gasteiger partial charge in [0.25, 0.3) is 29.5 Å². The van der Waals surface area contributed by atoms with Gasteiger partial charge in [0.1, 0.15) is 22.6 Å². The average molecular weight is 725 g/mol. The molecule has 0 aliphatic carbocycles. The number of hydrogen-bond acceptors (Lipinski definition) is 7. The first-order valence-electron chi connectivity index (χ1n) is 14.1. The zero-order valence-corrected chi connectivity index (χ0v) is 28.0. The van der Waals surface area contributed by atoms with Gasteiger partial charge in [-0.15, -0.1) is 0 Å². The number of carbonyl (C=O) groups is 5. The third kappa shape index (κ3) is 8.37. The largest absolute Gasteiger partial charge is 0.370 e. The van der Waals surface area contributed by atoms with Crippen molar-refractivity contribution in [3.8, 4) is 0 Å². The monoisotopic (exact) mass is 723 g/mol. The van der Waals surface area contributed by atoms with E-state index in [0.29, 0.717) is 22.8 Å². The molecular weight excluding hydrogens is 690 g/mol. The lowest BCUT2D eigenvalue weighted by Crippen LogP contribution is -2.29. The van der Waals surface area contributed by atoms with E-state index in [1.807, 2.05) is 0 Å². The van der Waals surface area contributed by atoms with E-state index in [0.717, 1.165) is 0 Å². The molecule has 252 valence electrons. The molecule has 0 fully saturated rings. The molecule has 0 unspecified atom stereocenters. The van der Waals surface area contributed by atoms with E-state index in [1.165, 1.54) is 38.2 Å². The molecule has 0 spiro atoms. The second-order valence-corrected chi connectivity index (χ2v) is 11.5. The van der Waals surface area contributed by atoms with Crippen LogP contribution in [0.2, 0.25) is 0 Å². The van der Waals surface area contributed by atoms with E-state index >= 15 is 0 Å². The van der Waals surface area contributed by atoms with Gasteiger partial charge >= 0.3 is 0 Å². The lowest BCUT2D eigenvalue weighted by atomic mass is 10.3. The van der Waals surface area contributed by atoms with Crippen molar-refractivity contribution in [2.24, 2.45) is 44.7 Å². The van der Waals surface area contributed by atoms with Gasteiger partial charge in [-0.1, -0.05) is 6.58 Å². The molecule has 0 atom stereocenters. The molecular formula is C29H34BrN13O5. The van der Waals surface area contributed by atoms with Crippen LogP contribution in [-0.2, 0) is 33.0 Å². The van der Waals surface area contributed by atoms with Gasteiger partial charge < -0.3 is 51.8 Å². The van der Waals surface area contributed by atoms with Gasteiger partial charge in [-0.25, -0.2) is 0 Å². The SMILES string of the molecule is C=C(Br)C(=O)Nc1nn(C)cc1C(=O)Nc1cc(C(=O)Nc2cc(C(=O)Nc3cc(C(=O)NCCN=C(N)N)n(C)c3)n(C)c2)n(C)c1. The first kappa shape index (κ1) is 34.8. The van der Waals surface area contributed by atoms with Crippen molar-refractivity contribution in [3.63, 3.8) is 0 Å². The number of nitrogens with zero attached hydrogens (tertiary/aromatic N) is 6. The zero-order chi connectivity index (χ0) is 35.3. The van der Waals surface area contributed by atoms with Gasteiger partial charge in [-0.05, 0) is 34.1 Å². The summed E-state index contributed by atoms with van der Waals surface area (Å²) in [5.74, 6) is -2.51. The number of aromatic nitrogens is 5. The summed E-state index contributed by atoms with van der Waals surface area (Å²) >= 11 is 2.99. The predicted octanol–water partition coefficient (Wildman–Crippen LogP) is 1.04. The Bertz CT molecular complexity index is 1960. The maximum absolute atomic E-state index is 13.2. The molecule has 19 heteroatoms.